The average molecular weight is 373 g/mol. The summed E-state index contributed by atoms with van der Waals surface area (Å²) in [5, 5.41) is 6.62. The normalized spacial score (nSPS) is 12.0. The van der Waals surface area contributed by atoms with Crippen molar-refractivity contribution in [3.05, 3.63) is 101 Å². The highest BCUT2D eigenvalue weighted by molar-refractivity contribution is 5.96. The number of anilines is 1. The molecule has 0 fully saturated rings. The zero-order chi connectivity index (χ0) is 20.1. The number of amides is 1. The summed E-state index contributed by atoms with van der Waals surface area (Å²) >= 11 is 0. The molecule has 0 aliphatic heterocycles. The Bertz CT molecular complexity index is 873. The summed E-state index contributed by atoms with van der Waals surface area (Å²) in [6.45, 7) is 8.04. The largest absolute Gasteiger partial charge is 0.324 e. The molecule has 0 bridgehead atoms. The molecule has 0 saturated heterocycles. The average Bonchev–Trinajstić information content (AvgIpc) is 2.69. The molecule has 0 saturated carbocycles. The molecule has 1 amide bonds. The second-order valence-corrected chi connectivity index (χ2v) is 7.41. The van der Waals surface area contributed by atoms with E-state index in [4.69, 9.17) is 0 Å². The van der Waals surface area contributed by atoms with Crippen LogP contribution in [0.4, 0.5) is 5.69 Å². The molecule has 0 spiro atoms. The van der Waals surface area contributed by atoms with Crippen molar-refractivity contribution in [1.82, 2.24) is 5.32 Å². The molecule has 0 aliphatic carbocycles. The number of carbonyl (C=O) groups is 1. The molecule has 0 heterocycles. The number of benzene rings is 3. The molecule has 3 rings (SSSR count). The van der Waals surface area contributed by atoms with Gasteiger partial charge in [-0.3, -0.25) is 10.1 Å². The summed E-state index contributed by atoms with van der Waals surface area (Å²) < 4.78 is 0. The second-order valence-electron chi connectivity index (χ2n) is 7.41. The number of nitrogens with one attached hydrogen (secondary N) is 2. The third-order valence-electron chi connectivity index (χ3n) is 5.00. The van der Waals surface area contributed by atoms with Crippen LogP contribution in [-0.4, -0.2) is 11.9 Å². The van der Waals surface area contributed by atoms with E-state index in [9.17, 15) is 4.79 Å². The highest BCUT2D eigenvalue weighted by Crippen LogP contribution is 2.24. The fourth-order valence-corrected chi connectivity index (χ4v) is 3.61. The summed E-state index contributed by atoms with van der Waals surface area (Å²) in [6.07, 6.45) is 0. The lowest BCUT2D eigenvalue weighted by Gasteiger charge is -2.24. The lowest BCUT2D eigenvalue weighted by molar-refractivity contribution is -0.117. The van der Waals surface area contributed by atoms with Gasteiger partial charge in [-0.15, -0.1) is 0 Å². The molecule has 3 nitrogen and oxygen atoms in total. The van der Waals surface area contributed by atoms with E-state index in [0.717, 1.165) is 27.9 Å². The van der Waals surface area contributed by atoms with Crippen molar-refractivity contribution >= 4 is 11.6 Å². The van der Waals surface area contributed by atoms with Crippen molar-refractivity contribution in [2.24, 2.45) is 0 Å². The van der Waals surface area contributed by atoms with E-state index in [1.165, 1.54) is 5.56 Å². The van der Waals surface area contributed by atoms with E-state index in [2.05, 4.69) is 54.0 Å². The Morgan fingerprint density at radius 2 is 1.25 bits per heavy atom. The van der Waals surface area contributed by atoms with Gasteiger partial charge >= 0.3 is 0 Å². The number of hydrogen-bond donors (Lipinski definition) is 2. The van der Waals surface area contributed by atoms with E-state index >= 15 is 0 Å². The molecule has 3 heteroatoms. The first-order chi connectivity index (χ1) is 13.5. The van der Waals surface area contributed by atoms with Crippen LogP contribution in [-0.2, 0) is 4.79 Å². The van der Waals surface area contributed by atoms with E-state index < -0.39 is 0 Å². The molecule has 0 aromatic heterocycles. The van der Waals surface area contributed by atoms with Gasteiger partial charge in [0.05, 0.1) is 12.1 Å². The van der Waals surface area contributed by atoms with Gasteiger partial charge < -0.3 is 5.32 Å². The fourth-order valence-electron chi connectivity index (χ4n) is 3.61. The molecular weight excluding hydrogens is 344 g/mol. The van der Waals surface area contributed by atoms with Crippen molar-refractivity contribution in [3.8, 4) is 0 Å². The van der Waals surface area contributed by atoms with Crippen molar-refractivity contribution in [3.63, 3.8) is 0 Å². The zero-order valence-electron chi connectivity index (χ0n) is 17.0. The molecule has 28 heavy (non-hydrogen) atoms. The molecule has 3 aromatic carbocycles. The minimum absolute atomic E-state index is 0.0353. The summed E-state index contributed by atoms with van der Waals surface area (Å²) in [5.74, 6) is -0.0353. The SMILES string of the molecule is Cc1cc(C)c(NC(=O)[C@@H](C)NC(c2ccccc2)c2ccccc2)c(C)c1. The second kappa shape index (κ2) is 8.85. The number of aryl methyl sites for hydroxylation is 3. The highest BCUT2D eigenvalue weighted by Gasteiger charge is 2.21. The summed E-state index contributed by atoms with van der Waals surface area (Å²) in [4.78, 5) is 12.9. The van der Waals surface area contributed by atoms with Gasteiger partial charge in [-0.1, -0.05) is 78.4 Å². The van der Waals surface area contributed by atoms with Crippen LogP contribution in [0.3, 0.4) is 0 Å². The minimum Gasteiger partial charge on any atom is -0.324 e. The maximum absolute atomic E-state index is 12.9. The van der Waals surface area contributed by atoms with Gasteiger partial charge in [-0.2, -0.15) is 0 Å². The van der Waals surface area contributed by atoms with Gasteiger partial charge in [0.1, 0.15) is 0 Å². The van der Waals surface area contributed by atoms with Crippen LogP contribution < -0.4 is 10.6 Å². The predicted molar refractivity (Wildman–Crippen MR) is 117 cm³/mol. The first kappa shape index (κ1) is 19.8. The third kappa shape index (κ3) is 4.68. The Morgan fingerprint density at radius 3 is 1.71 bits per heavy atom. The molecule has 144 valence electrons. The lowest BCUT2D eigenvalue weighted by atomic mass is 9.98. The Hall–Kier alpha value is -2.91. The van der Waals surface area contributed by atoms with Gasteiger partial charge in [0.15, 0.2) is 0 Å². The van der Waals surface area contributed by atoms with Crippen molar-refractivity contribution in [2.75, 3.05) is 5.32 Å². The smallest absolute Gasteiger partial charge is 0.241 e. The topological polar surface area (TPSA) is 41.1 Å². The van der Waals surface area contributed by atoms with Crippen LogP contribution in [0.15, 0.2) is 72.8 Å². The van der Waals surface area contributed by atoms with Crippen molar-refractivity contribution < 1.29 is 4.79 Å². The van der Waals surface area contributed by atoms with Crippen LogP contribution in [0, 0.1) is 20.8 Å². The van der Waals surface area contributed by atoms with E-state index in [0.29, 0.717) is 0 Å². The Labute approximate surface area is 167 Å². The van der Waals surface area contributed by atoms with Crippen LogP contribution in [0.5, 0.6) is 0 Å². The molecular formula is C25H28N2O. The fraction of sp³-hybridized carbons (Fsp3) is 0.240. The van der Waals surface area contributed by atoms with E-state index in [1.807, 2.05) is 57.2 Å². The zero-order valence-corrected chi connectivity index (χ0v) is 17.0. The molecule has 0 radical (unpaired) electrons. The molecule has 3 aromatic rings. The highest BCUT2D eigenvalue weighted by atomic mass is 16.2. The Balaban J connectivity index is 1.80. The maximum atomic E-state index is 12.9. The summed E-state index contributed by atoms with van der Waals surface area (Å²) in [6, 6.07) is 24.2. The van der Waals surface area contributed by atoms with Gasteiger partial charge in [-0.05, 0) is 49.9 Å². The van der Waals surface area contributed by atoms with Gasteiger partial charge in [-0.25, -0.2) is 0 Å². The number of hydrogen-bond acceptors (Lipinski definition) is 2. The first-order valence-corrected chi connectivity index (χ1v) is 9.70. The van der Waals surface area contributed by atoms with Gasteiger partial charge in [0.25, 0.3) is 0 Å². The lowest BCUT2D eigenvalue weighted by Crippen LogP contribution is -2.40. The summed E-state index contributed by atoms with van der Waals surface area (Å²) in [5.41, 5.74) is 6.54. The first-order valence-electron chi connectivity index (χ1n) is 9.70. The van der Waals surface area contributed by atoms with E-state index in [-0.39, 0.29) is 18.0 Å². The minimum atomic E-state index is -0.356. The predicted octanol–water partition coefficient (Wildman–Crippen LogP) is 5.32. The molecule has 0 unspecified atom stereocenters. The molecule has 1 atom stereocenters. The number of carbonyl (C=O) groups excluding carboxylic acids is 1. The maximum Gasteiger partial charge on any atom is 0.241 e. The van der Waals surface area contributed by atoms with Crippen LogP contribution in [0.1, 0.15) is 40.8 Å². The van der Waals surface area contributed by atoms with Gasteiger partial charge in [0.2, 0.25) is 5.91 Å². The molecule has 2 N–H and O–H groups in total. The van der Waals surface area contributed by atoms with Crippen LogP contribution in [0.25, 0.3) is 0 Å². The molecule has 0 aliphatic rings. The quantitative estimate of drug-likeness (QED) is 0.615. The number of rotatable bonds is 6. The standard InChI is InChI=1S/C25H28N2O/c1-17-15-18(2)23(19(3)16-17)27-25(28)20(4)26-24(21-11-7-5-8-12-21)22-13-9-6-10-14-22/h5-16,20,24,26H,1-4H3,(H,27,28)/t20-/m1/s1. The third-order valence-corrected chi connectivity index (χ3v) is 5.00. The summed E-state index contributed by atoms with van der Waals surface area (Å²) in [7, 11) is 0. The van der Waals surface area contributed by atoms with Gasteiger partial charge in [0, 0.05) is 5.69 Å². The van der Waals surface area contributed by atoms with E-state index in [1.54, 1.807) is 0 Å². The Morgan fingerprint density at radius 1 is 0.786 bits per heavy atom. The van der Waals surface area contributed by atoms with Crippen LogP contribution in [0.2, 0.25) is 0 Å². The monoisotopic (exact) mass is 372 g/mol. The van der Waals surface area contributed by atoms with Crippen LogP contribution >= 0.6 is 0 Å². The van der Waals surface area contributed by atoms with Crippen molar-refractivity contribution in [2.45, 2.75) is 39.8 Å². The van der Waals surface area contributed by atoms with Crippen molar-refractivity contribution in [1.29, 1.82) is 0 Å². The Kier molecular flexibility index (Phi) is 6.27.